The summed E-state index contributed by atoms with van der Waals surface area (Å²) in [6.45, 7) is 4.58. The van der Waals surface area contributed by atoms with Gasteiger partial charge in [-0.2, -0.15) is 5.10 Å². The third-order valence-corrected chi connectivity index (χ3v) is 2.97. The van der Waals surface area contributed by atoms with Gasteiger partial charge in [0.2, 0.25) is 0 Å². The Hall–Kier alpha value is -2.23. The Morgan fingerprint density at radius 3 is 2.63 bits per heavy atom. The summed E-state index contributed by atoms with van der Waals surface area (Å²) in [7, 11) is 0. The van der Waals surface area contributed by atoms with Gasteiger partial charge in [0.05, 0.1) is 11.8 Å². The Kier molecular flexibility index (Phi) is 3.90. The number of benzene rings is 1. The van der Waals surface area contributed by atoms with Gasteiger partial charge in [-0.15, -0.1) is 0 Å². The Bertz CT molecular complexity index is 612. The lowest BCUT2D eigenvalue weighted by Crippen LogP contribution is -2.01. The molecule has 1 heterocycles. The molecule has 0 saturated heterocycles. The molecule has 0 unspecified atom stereocenters. The van der Waals surface area contributed by atoms with Crippen LogP contribution in [0.25, 0.3) is 6.08 Å². The number of carbonyl (C=O) groups excluding carboxylic acids is 1. The van der Waals surface area contributed by atoms with Crippen LogP contribution in [0.5, 0.6) is 0 Å². The van der Waals surface area contributed by atoms with Crippen molar-refractivity contribution in [2.75, 3.05) is 0 Å². The lowest BCUT2D eigenvalue weighted by Gasteiger charge is -1.99. The summed E-state index contributed by atoms with van der Waals surface area (Å²) in [6, 6.07) is 5.98. The van der Waals surface area contributed by atoms with Crippen molar-refractivity contribution in [3.8, 4) is 0 Å². The largest absolute Gasteiger partial charge is 0.289 e. The zero-order valence-electron chi connectivity index (χ0n) is 10.9. The molecule has 4 heteroatoms. The van der Waals surface area contributed by atoms with Crippen LogP contribution in [0.4, 0.5) is 4.39 Å². The maximum atomic E-state index is 12.7. The molecule has 0 amide bonds. The monoisotopic (exact) mass is 258 g/mol. The number of rotatable bonds is 4. The van der Waals surface area contributed by atoms with Crippen molar-refractivity contribution in [3.05, 3.63) is 59.2 Å². The number of carbonyl (C=O) groups is 1. The fraction of sp³-hybridized carbons (Fsp3) is 0.200. The predicted molar refractivity (Wildman–Crippen MR) is 72.4 cm³/mol. The van der Waals surface area contributed by atoms with E-state index in [1.165, 1.54) is 18.2 Å². The van der Waals surface area contributed by atoms with Gasteiger partial charge in [0.25, 0.3) is 0 Å². The van der Waals surface area contributed by atoms with Gasteiger partial charge >= 0.3 is 0 Å². The van der Waals surface area contributed by atoms with Crippen LogP contribution in [0.3, 0.4) is 0 Å². The molecule has 3 nitrogen and oxygen atoms in total. The molecule has 0 N–H and O–H groups in total. The molecule has 0 aliphatic heterocycles. The number of hydrogen-bond acceptors (Lipinski definition) is 2. The van der Waals surface area contributed by atoms with Gasteiger partial charge in [0.1, 0.15) is 5.82 Å². The Morgan fingerprint density at radius 2 is 2.05 bits per heavy atom. The van der Waals surface area contributed by atoms with Gasteiger partial charge in [-0.05, 0) is 37.6 Å². The summed E-state index contributed by atoms with van der Waals surface area (Å²) in [5, 5.41) is 4.13. The van der Waals surface area contributed by atoms with Crippen LogP contribution in [0.1, 0.15) is 28.5 Å². The van der Waals surface area contributed by atoms with E-state index in [-0.39, 0.29) is 11.6 Å². The summed E-state index contributed by atoms with van der Waals surface area (Å²) in [6.07, 6.45) is 4.73. The fourth-order valence-electron chi connectivity index (χ4n) is 1.84. The van der Waals surface area contributed by atoms with Gasteiger partial charge in [-0.3, -0.25) is 9.48 Å². The van der Waals surface area contributed by atoms with Gasteiger partial charge < -0.3 is 0 Å². The lowest BCUT2D eigenvalue weighted by molar-refractivity contribution is 0.104. The summed E-state index contributed by atoms with van der Waals surface area (Å²) < 4.78 is 14.5. The van der Waals surface area contributed by atoms with E-state index in [0.717, 1.165) is 17.8 Å². The predicted octanol–water partition coefficient (Wildman–Crippen LogP) is 3.25. The first-order chi connectivity index (χ1) is 9.11. The number of hydrogen-bond donors (Lipinski definition) is 0. The standard InChI is InChI=1S/C15H15FN2O/c1-3-18-11(2)14(10-17-18)15(19)9-6-12-4-7-13(16)8-5-12/h4-10H,3H2,1-2H3. The van der Waals surface area contributed by atoms with Crippen molar-refractivity contribution in [2.45, 2.75) is 20.4 Å². The third kappa shape index (κ3) is 2.96. The van der Waals surface area contributed by atoms with E-state index in [0.29, 0.717) is 5.56 Å². The van der Waals surface area contributed by atoms with Crippen LogP contribution in [0, 0.1) is 12.7 Å². The van der Waals surface area contributed by atoms with Gasteiger partial charge in [-0.25, -0.2) is 4.39 Å². The maximum absolute atomic E-state index is 12.7. The minimum absolute atomic E-state index is 0.0958. The normalized spacial score (nSPS) is 11.1. The second-order valence-electron chi connectivity index (χ2n) is 4.21. The molecule has 98 valence electrons. The molecule has 0 saturated carbocycles. The van der Waals surface area contributed by atoms with E-state index in [4.69, 9.17) is 0 Å². The molecule has 19 heavy (non-hydrogen) atoms. The highest BCUT2D eigenvalue weighted by atomic mass is 19.1. The Labute approximate surface area is 111 Å². The number of allylic oxidation sites excluding steroid dienone is 1. The van der Waals surface area contributed by atoms with Gasteiger partial charge in [-0.1, -0.05) is 18.2 Å². The molecule has 0 aliphatic carbocycles. The van der Waals surface area contributed by atoms with Crippen LogP contribution in [0.2, 0.25) is 0 Å². The first-order valence-corrected chi connectivity index (χ1v) is 6.12. The molecule has 0 radical (unpaired) electrons. The topological polar surface area (TPSA) is 34.9 Å². The molecule has 0 bridgehead atoms. The van der Waals surface area contributed by atoms with Crippen LogP contribution in [-0.4, -0.2) is 15.6 Å². The van der Waals surface area contributed by atoms with Crippen LogP contribution < -0.4 is 0 Å². The van der Waals surface area contributed by atoms with E-state index in [1.807, 2.05) is 13.8 Å². The number of ketones is 1. The highest BCUT2D eigenvalue weighted by Crippen LogP contribution is 2.10. The molecule has 2 rings (SSSR count). The summed E-state index contributed by atoms with van der Waals surface area (Å²) in [5.74, 6) is -0.384. The summed E-state index contributed by atoms with van der Waals surface area (Å²) in [5.41, 5.74) is 2.24. The molecule has 0 fully saturated rings. The van der Waals surface area contributed by atoms with E-state index < -0.39 is 0 Å². The van der Waals surface area contributed by atoms with Crippen molar-refractivity contribution in [1.29, 1.82) is 0 Å². The number of aromatic nitrogens is 2. The average molecular weight is 258 g/mol. The number of nitrogens with zero attached hydrogens (tertiary/aromatic N) is 2. The summed E-state index contributed by atoms with van der Waals surface area (Å²) in [4.78, 5) is 12.0. The lowest BCUT2D eigenvalue weighted by atomic mass is 10.1. The Balaban J connectivity index is 2.16. The van der Waals surface area contributed by atoms with Crippen molar-refractivity contribution in [3.63, 3.8) is 0 Å². The van der Waals surface area contributed by atoms with Crippen LogP contribution >= 0.6 is 0 Å². The molecular weight excluding hydrogens is 243 g/mol. The van der Waals surface area contributed by atoms with E-state index in [1.54, 1.807) is 29.1 Å². The second-order valence-corrected chi connectivity index (χ2v) is 4.21. The number of aryl methyl sites for hydroxylation is 1. The van der Waals surface area contributed by atoms with E-state index in [2.05, 4.69) is 5.10 Å². The van der Waals surface area contributed by atoms with E-state index >= 15 is 0 Å². The average Bonchev–Trinajstić information content (AvgIpc) is 2.79. The first-order valence-electron chi connectivity index (χ1n) is 6.12. The minimum atomic E-state index is -0.288. The fourth-order valence-corrected chi connectivity index (χ4v) is 1.84. The van der Waals surface area contributed by atoms with Gasteiger partial charge in [0, 0.05) is 12.2 Å². The van der Waals surface area contributed by atoms with Crippen LogP contribution in [0.15, 0.2) is 36.5 Å². The second kappa shape index (κ2) is 5.61. The first kappa shape index (κ1) is 13.2. The molecule has 0 aliphatic rings. The molecule has 2 aromatic rings. The molecular formula is C15H15FN2O. The zero-order chi connectivity index (χ0) is 13.8. The number of halogens is 1. The molecule has 0 spiro atoms. The molecule has 1 aromatic heterocycles. The van der Waals surface area contributed by atoms with Crippen molar-refractivity contribution >= 4 is 11.9 Å². The van der Waals surface area contributed by atoms with E-state index in [9.17, 15) is 9.18 Å². The SMILES string of the molecule is CCn1ncc(C(=O)C=Cc2ccc(F)cc2)c1C. The van der Waals surface area contributed by atoms with Crippen molar-refractivity contribution in [2.24, 2.45) is 0 Å². The van der Waals surface area contributed by atoms with Gasteiger partial charge in [0.15, 0.2) is 5.78 Å². The highest BCUT2D eigenvalue weighted by Gasteiger charge is 2.10. The molecule has 0 atom stereocenters. The zero-order valence-corrected chi connectivity index (χ0v) is 10.9. The molecule has 1 aromatic carbocycles. The minimum Gasteiger partial charge on any atom is -0.289 e. The summed E-state index contributed by atoms with van der Waals surface area (Å²) >= 11 is 0. The maximum Gasteiger partial charge on any atom is 0.189 e. The quantitative estimate of drug-likeness (QED) is 0.623. The smallest absolute Gasteiger partial charge is 0.189 e. The van der Waals surface area contributed by atoms with Crippen LogP contribution in [-0.2, 0) is 6.54 Å². The Morgan fingerprint density at radius 1 is 1.37 bits per heavy atom. The highest BCUT2D eigenvalue weighted by molar-refractivity contribution is 6.07. The third-order valence-electron chi connectivity index (χ3n) is 2.97. The van der Waals surface area contributed by atoms with Crippen molar-refractivity contribution < 1.29 is 9.18 Å². The van der Waals surface area contributed by atoms with Crippen molar-refractivity contribution in [1.82, 2.24) is 9.78 Å².